The Bertz CT molecular complexity index is 1820. The third-order valence-electron chi connectivity index (χ3n) is 7.40. The largest absolute Gasteiger partial charge is 0.507 e. The van der Waals surface area contributed by atoms with E-state index in [1.54, 1.807) is 41.3 Å². The number of anilines is 3. The standard InChI is InChI=1S/C32H27ClN4O3/c1-18-3-2-4-25-28(38)15-27-31(30(18)25)21(16-33)17-37(27)29(39)12-10-23-13-20-14-24(9-11-26(20)35-23)36-32(40)19-5-7-22(34)8-6-19/h2-15,21,35,38H,16-17,34H2,1H3,(H,36,40)/b12-10+. The molecule has 0 saturated heterocycles. The minimum atomic E-state index is -0.226. The first-order valence-corrected chi connectivity index (χ1v) is 13.5. The summed E-state index contributed by atoms with van der Waals surface area (Å²) in [6, 6.07) is 21.7. The first-order valence-electron chi connectivity index (χ1n) is 12.9. The highest BCUT2D eigenvalue weighted by Gasteiger charge is 2.34. The number of aryl methyl sites for hydroxylation is 1. The van der Waals surface area contributed by atoms with Crippen molar-refractivity contribution in [3.8, 4) is 5.75 Å². The number of phenols is 1. The minimum Gasteiger partial charge on any atom is -0.507 e. The van der Waals surface area contributed by atoms with Gasteiger partial charge in [-0.2, -0.15) is 0 Å². The molecule has 5 N–H and O–H groups in total. The van der Waals surface area contributed by atoms with E-state index in [1.165, 1.54) is 6.08 Å². The Morgan fingerprint density at radius 3 is 2.70 bits per heavy atom. The molecule has 40 heavy (non-hydrogen) atoms. The molecule has 0 saturated carbocycles. The summed E-state index contributed by atoms with van der Waals surface area (Å²) < 4.78 is 0. The molecule has 0 fully saturated rings. The molecule has 200 valence electrons. The number of carbonyl (C=O) groups is 2. The number of nitrogens with zero attached hydrogens (tertiary/aromatic N) is 1. The smallest absolute Gasteiger partial charge is 0.255 e. The Morgan fingerprint density at radius 1 is 1.12 bits per heavy atom. The number of fused-ring (bicyclic) bond motifs is 4. The van der Waals surface area contributed by atoms with E-state index in [0.717, 1.165) is 38.5 Å². The Hall–Kier alpha value is -4.75. The highest BCUT2D eigenvalue weighted by molar-refractivity contribution is 6.19. The number of phenolic OH excluding ortho intramolecular Hbond substituents is 1. The number of amides is 2. The van der Waals surface area contributed by atoms with E-state index >= 15 is 0 Å². The number of benzene rings is 4. The van der Waals surface area contributed by atoms with Crippen LogP contribution in [0.1, 0.15) is 33.1 Å². The van der Waals surface area contributed by atoms with Crippen molar-refractivity contribution in [1.82, 2.24) is 4.98 Å². The second-order valence-electron chi connectivity index (χ2n) is 10.1. The number of nitrogens with two attached hydrogens (primary N) is 1. The van der Waals surface area contributed by atoms with E-state index < -0.39 is 0 Å². The van der Waals surface area contributed by atoms with Crippen LogP contribution in [0.5, 0.6) is 5.75 Å². The molecule has 1 atom stereocenters. The first-order chi connectivity index (χ1) is 19.3. The molecular weight excluding hydrogens is 524 g/mol. The van der Waals surface area contributed by atoms with Crippen molar-refractivity contribution in [1.29, 1.82) is 0 Å². The number of alkyl halides is 1. The van der Waals surface area contributed by atoms with Crippen LogP contribution in [0.3, 0.4) is 0 Å². The van der Waals surface area contributed by atoms with E-state index in [2.05, 4.69) is 10.3 Å². The molecule has 0 bridgehead atoms. The number of hydrogen-bond donors (Lipinski definition) is 4. The lowest BCUT2D eigenvalue weighted by Crippen LogP contribution is -2.28. The summed E-state index contributed by atoms with van der Waals surface area (Å²) in [4.78, 5) is 30.9. The van der Waals surface area contributed by atoms with Gasteiger partial charge in [-0.3, -0.25) is 9.59 Å². The molecule has 1 unspecified atom stereocenters. The van der Waals surface area contributed by atoms with Gasteiger partial charge in [0.05, 0.1) is 5.69 Å². The van der Waals surface area contributed by atoms with Crippen LogP contribution in [-0.4, -0.2) is 34.3 Å². The molecule has 0 radical (unpaired) electrons. The SMILES string of the molecule is Cc1cccc2c(O)cc3c(c12)C(CCl)CN3C(=O)/C=C/c1cc2cc(NC(=O)c3ccc(N)cc3)ccc2[nH]1. The second-order valence-corrected chi connectivity index (χ2v) is 10.4. The number of aromatic amines is 1. The molecule has 0 aliphatic carbocycles. The number of nitrogens with one attached hydrogen (secondary N) is 2. The van der Waals surface area contributed by atoms with Gasteiger partial charge in [0.15, 0.2) is 0 Å². The van der Waals surface area contributed by atoms with Crippen LogP contribution in [0.2, 0.25) is 0 Å². The average molecular weight is 551 g/mol. The zero-order valence-electron chi connectivity index (χ0n) is 21.7. The fourth-order valence-corrected chi connectivity index (χ4v) is 5.70. The molecule has 2 heterocycles. The Morgan fingerprint density at radius 2 is 1.93 bits per heavy atom. The van der Waals surface area contributed by atoms with E-state index in [9.17, 15) is 14.7 Å². The lowest BCUT2D eigenvalue weighted by Gasteiger charge is -2.17. The summed E-state index contributed by atoms with van der Waals surface area (Å²) in [6.45, 7) is 2.45. The highest BCUT2D eigenvalue weighted by Crippen LogP contribution is 2.46. The van der Waals surface area contributed by atoms with Crippen LogP contribution in [0.4, 0.5) is 17.1 Å². The van der Waals surface area contributed by atoms with E-state index in [4.69, 9.17) is 17.3 Å². The van der Waals surface area contributed by atoms with Crippen molar-refractivity contribution >= 4 is 68.2 Å². The van der Waals surface area contributed by atoms with Gasteiger partial charge in [0.1, 0.15) is 5.75 Å². The van der Waals surface area contributed by atoms with Crippen LogP contribution < -0.4 is 16.0 Å². The van der Waals surface area contributed by atoms with E-state index in [0.29, 0.717) is 35.1 Å². The number of rotatable bonds is 5. The number of hydrogen-bond acceptors (Lipinski definition) is 4. The monoisotopic (exact) mass is 550 g/mol. The van der Waals surface area contributed by atoms with Crippen molar-refractivity contribution < 1.29 is 14.7 Å². The number of aromatic nitrogens is 1. The molecule has 1 aromatic heterocycles. The number of carbonyl (C=O) groups excluding carboxylic acids is 2. The lowest BCUT2D eigenvalue weighted by atomic mass is 9.92. The average Bonchev–Trinajstić information content (AvgIpc) is 3.53. The molecule has 2 amide bonds. The summed E-state index contributed by atoms with van der Waals surface area (Å²) >= 11 is 6.35. The van der Waals surface area contributed by atoms with Crippen LogP contribution in [0.25, 0.3) is 27.8 Å². The van der Waals surface area contributed by atoms with Gasteiger partial charge >= 0.3 is 0 Å². The van der Waals surface area contributed by atoms with E-state index in [-0.39, 0.29) is 23.5 Å². The predicted molar refractivity (Wildman–Crippen MR) is 162 cm³/mol. The third-order valence-corrected chi connectivity index (χ3v) is 7.77. The molecule has 6 rings (SSSR count). The topological polar surface area (TPSA) is 111 Å². The summed E-state index contributed by atoms with van der Waals surface area (Å²) in [6.07, 6.45) is 3.25. The molecule has 1 aliphatic rings. The van der Waals surface area contributed by atoms with Gasteiger partial charge in [-0.25, -0.2) is 0 Å². The first kappa shape index (κ1) is 25.5. The number of halogens is 1. The molecular formula is C32H27ClN4O3. The van der Waals surface area contributed by atoms with Gasteiger partial charge in [0.25, 0.3) is 11.8 Å². The number of H-pyrrole nitrogens is 1. The fourth-order valence-electron chi connectivity index (χ4n) is 5.44. The van der Waals surface area contributed by atoms with Crippen molar-refractivity contribution in [2.24, 2.45) is 0 Å². The molecule has 0 spiro atoms. The maximum atomic E-state index is 13.4. The zero-order chi connectivity index (χ0) is 28.0. The van der Waals surface area contributed by atoms with Gasteiger partial charge < -0.3 is 26.0 Å². The summed E-state index contributed by atoms with van der Waals surface area (Å²) in [7, 11) is 0. The van der Waals surface area contributed by atoms with Gasteiger partial charge in [0, 0.05) is 69.4 Å². The summed E-state index contributed by atoms with van der Waals surface area (Å²) in [5.41, 5.74) is 11.8. The fraction of sp³-hybridized carbons (Fsp3) is 0.125. The second kappa shape index (κ2) is 10.1. The Kier molecular flexibility index (Phi) is 6.44. The minimum absolute atomic E-state index is 0.0341. The van der Waals surface area contributed by atoms with Gasteiger partial charge in [0.2, 0.25) is 0 Å². The lowest BCUT2D eigenvalue weighted by molar-refractivity contribution is -0.114. The van der Waals surface area contributed by atoms with Crippen molar-refractivity contribution in [3.05, 3.63) is 101 Å². The van der Waals surface area contributed by atoms with E-state index in [1.807, 2.05) is 49.4 Å². The quantitative estimate of drug-likeness (QED) is 0.113. The van der Waals surface area contributed by atoms with Crippen molar-refractivity contribution in [3.63, 3.8) is 0 Å². The Balaban J connectivity index is 1.24. The van der Waals surface area contributed by atoms with Crippen LogP contribution in [0.15, 0.2) is 78.9 Å². The van der Waals surface area contributed by atoms with Gasteiger partial charge in [-0.15, -0.1) is 11.6 Å². The molecule has 8 heteroatoms. The third kappa shape index (κ3) is 4.54. The molecule has 5 aromatic rings. The molecule has 7 nitrogen and oxygen atoms in total. The summed E-state index contributed by atoms with van der Waals surface area (Å²) in [5, 5.41) is 16.2. The normalized spacial score (nSPS) is 14.8. The van der Waals surface area contributed by atoms with Crippen molar-refractivity contribution in [2.45, 2.75) is 12.8 Å². The zero-order valence-corrected chi connectivity index (χ0v) is 22.5. The van der Waals surface area contributed by atoms with Crippen molar-refractivity contribution in [2.75, 3.05) is 28.4 Å². The highest BCUT2D eigenvalue weighted by atomic mass is 35.5. The van der Waals surface area contributed by atoms with Gasteiger partial charge in [-0.05, 0) is 78.0 Å². The number of aromatic hydroxyl groups is 1. The van der Waals surface area contributed by atoms with Crippen LogP contribution in [-0.2, 0) is 4.79 Å². The van der Waals surface area contributed by atoms with Gasteiger partial charge in [-0.1, -0.05) is 18.2 Å². The maximum absolute atomic E-state index is 13.4. The Labute approximate surface area is 235 Å². The maximum Gasteiger partial charge on any atom is 0.255 e. The number of nitrogen functional groups attached to an aromatic ring is 1. The van der Waals surface area contributed by atoms with Crippen LogP contribution in [0, 0.1) is 6.92 Å². The predicted octanol–water partition coefficient (Wildman–Crippen LogP) is 6.55. The molecule has 4 aromatic carbocycles. The van der Waals surface area contributed by atoms with Crippen LogP contribution >= 0.6 is 11.6 Å². The molecule has 1 aliphatic heterocycles. The summed E-state index contributed by atoms with van der Waals surface area (Å²) in [5.74, 6) is 0.0538.